The molecule has 2 heterocycles. The van der Waals surface area contributed by atoms with Crippen molar-refractivity contribution in [1.82, 2.24) is 9.21 Å². The predicted molar refractivity (Wildman–Crippen MR) is 189 cm³/mol. The molecule has 0 saturated carbocycles. The van der Waals surface area contributed by atoms with Crippen molar-refractivity contribution in [3.63, 3.8) is 0 Å². The minimum absolute atomic E-state index is 0.0504. The van der Waals surface area contributed by atoms with E-state index in [1.165, 1.54) is 22.5 Å². The molecule has 2 aliphatic rings. The second-order valence-electron chi connectivity index (χ2n) is 13.3. The first-order valence-corrected chi connectivity index (χ1v) is 18.6. The number of ether oxygens (including phenoxy) is 1. The lowest BCUT2D eigenvalue weighted by molar-refractivity contribution is -0.142. The summed E-state index contributed by atoms with van der Waals surface area (Å²) in [7, 11) is -4.01. The third kappa shape index (κ3) is 8.77. The van der Waals surface area contributed by atoms with Crippen molar-refractivity contribution in [1.29, 1.82) is 5.26 Å². The summed E-state index contributed by atoms with van der Waals surface area (Å²) < 4.78 is 88.1. The minimum Gasteiger partial charge on any atom is -0.379 e. The highest BCUT2D eigenvalue weighted by Crippen LogP contribution is 2.37. The number of nitrogens with one attached hydrogen (secondary N) is 1. The Morgan fingerprint density at radius 1 is 0.887 bits per heavy atom. The summed E-state index contributed by atoms with van der Waals surface area (Å²) in [4.78, 5) is 16.3. The molecule has 0 aromatic heterocycles. The van der Waals surface area contributed by atoms with E-state index in [9.17, 15) is 41.1 Å². The molecule has 2 N–H and O–H groups in total. The van der Waals surface area contributed by atoms with Crippen molar-refractivity contribution in [2.45, 2.75) is 42.5 Å². The number of anilines is 1. The maximum atomic E-state index is 14.1. The second-order valence-corrected chi connectivity index (χ2v) is 15.3. The van der Waals surface area contributed by atoms with Gasteiger partial charge < -0.3 is 15.2 Å². The molecule has 0 bridgehead atoms. The number of nitrogens with zero attached hydrogens (tertiary/aromatic N) is 3. The van der Waals surface area contributed by atoms with Crippen LogP contribution in [0.4, 0.5) is 23.2 Å². The predicted octanol–water partition coefficient (Wildman–Crippen LogP) is 6.23. The number of halogens is 4. The van der Waals surface area contributed by atoms with Crippen molar-refractivity contribution in [2.24, 2.45) is 5.92 Å². The van der Waals surface area contributed by atoms with Gasteiger partial charge in [0.2, 0.25) is 10.0 Å². The van der Waals surface area contributed by atoms with E-state index in [4.69, 9.17) is 4.74 Å². The van der Waals surface area contributed by atoms with Crippen LogP contribution in [-0.2, 0) is 38.7 Å². The number of rotatable bonds is 10. The zero-order valence-corrected chi connectivity index (χ0v) is 29.5. The van der Waals surface area contributed by atoms with E-state index < -0.39 is 50.6 Å². The molecule has 0 radical (unpaired) electrons. The molecule has 2 aliphatic heterocycles. The van der Waals surface area contributed by atoms with Crippen LogP contribution in [0.2, 0.25) is 0 Å². The van der Waals surface area contributed by atoms with Crippen molar-refractivity contribution in [2.75, 3.05) is 44.7 Å². The Balaban J connectivity index is 1.28. The van der Waals surface area contributed by atoms with Gasteiger partial charge in [-0.2, -0.15) is 22.7 Å². The Bertz CT molecular complexity index is 2090. The number of amides is 1. The first-order chi connectivity index (χ1) is 25.3. The minimum atomic E-state index is -4.87. The molecule has 4 aromatic rings. The summed E-state index contributed by atoms with van der Waals surface area (Å²) in [5, 5.41) is 24.0. The average molecular weight is 751 g/mol. The van der Waals surface area contributed by atoms with Crippen LogP contribution in [-0.4, -0.2) is 73.6 Å². The van der Waals surface area contributed by atoms with Gasteiger partial charge in [0.05, 0.1) is 35.3 Å². The number of nitriles is 1. The highest BCUT2D eigenvalue weighted by Gasteiger charge is 2.46. The summed E-state index contributed by atoms with van der Waals surface area (Å²) in [6.07, 6.45) is -4.99. The molecule has 6 rings (SSSR count). The summed E-state index contributed by atoms with van der Waals surface area (Å²) in [5.41, 5.74) is -0.866. The fourth-order valence-corrected chi connectivity index (χ4v) is 8.44. The van der Waals surface area contributed by atoms with Gasteiger partial charge >= 0.3 is 6.18 Å². The van der Waals surface area contributed by atoms with Crippen LogP contribution in [0.5, 0.6) is 0 Å². The van der Waals surface area contributed by atoms with Crippen molar-refractivity contribution < 1.29 is 40.6 Å². The van der Waals surface area contributed by atoms with E-state index in [0.717, 1.165) is 60.6 Å². The average Bonchev–Trinajstić information content (AvgIpc) is 3.15. The molecular weight excluding hydrogens is 713 g/mol. The lowest BCUT2D eigenvalue weighted by atomic mass is 9.76. The van der Waals surface area contributed by atoms with E-state index in [-0.39, 0.29) is 42.9 Å². The van der Waals surface area contributed by atoms with Crippen molar-refractivity contribution in [3.05, 3.63) is 119 Å². The summed E-state index contributed by atoms with van der Waals surface area (Å²) in [6, 6.07) is 24.0. The number of hydrogen-bond donors (Lipinski definition) is 2. The number of carbonyl (C=O) groups is 1. The number of alkyl halides is 3. The van der Waals surface area contributed by atoms with Gasteiger partial charge in [-0.15, -0.1) is 0 Å². The van der Waals surface area contributed by atoms with Gasteiger partial charge in [-0.1, -0.05) is 42.5 Å². The SMILES string of the molecule is N#Cc1ccc(NC(=O)C(O)(Cc2cccc(-c3cccc(CN4CCOCC4)c3)c2)C2CCN(S(=O)(=O)c3ccc(F)cc3)CC2)cc1C(F)(F)F. The van der Waals surface area contributed by atoms with E-state index in [1.54, 1.807) is 12.1 Å². The van der Waals surface area contributed by atoms with Crippen LogP contribution in [0.25, 0.3) is 11.1 Å². The molecule has 1 amide bonds. The normalized spacial score (nSPS) is 17.5. The van der Waals surface area contributed by atoms with E-state index in [1.807, 2.05) is 30.3 Å². The molecule has 2 fully saturated rings. The molecule has 14 heteroatoms. The second kappa shape index (κ2) is 15.8. The van der Waals surface area contributed by atoms with Crippen LogP contribution in [0.1, 0.15) is 35.1 Å². The highest BCUT2D eigenvalue weighted by atomic mass is 32.2. The third-order valence-corrected chi connectivity index (χ3v) is 11.8. The summed E-state index contributed by atoms with van der Waals surface area (Å²) >= 11 is 0. The quantitative estimate of drug-likeness (QED) is 0.185. The van der Waals surface area contributed by atoms with Gasteiger partial charge in [0.25, 0.3) is 5.91 Å². The van der Waals surface area contributed by atoms with Gasteiger partial charge in [0.1, 0.15) is 11.4 Å². The highest BCUT2D eigenvalue weighted by molar-refractivity contribution is 7.89. The zero-order chi connectivity index (χ0) is 37.8. The molecule has 9 nitrogen and oxygen atoms in total. The standard InChI is InChI=1S/C39H38F4N4O5S/c40-33-8-11-35(12-9-33)53(50,51)47-15-13-32(14-16-47)38(49,37(48)45-34-10-7-31(25-44)36(23-34)39(41,42)43)24-27-3-1-5-29(21-27)30-6-2-4-28(22-30)26-46-17-19-52-20-18-46/h1-12,21-23,32,49H,13-20,24,26H2,(H,45,48). The van der Waals surface area contributed by atoms with Gasteiger partial charge in [0.15, 0.2) is 0 Å². The number of benzene rings is 4. The number of hydrogen-bond acceptors (Lipinski definition) is 7. The number of carbonyl (C=O) groups excluding carboxylic acids is 1. The molecule has 278 valence electrons. The lowest BCUT2D eigenvalue weighted by Gasteiger charge is -2.40. The maximum Gasteiger partial charge on any atom is 0.417 e. The molecule has 53 heavy (non-hydrogen) atoms. The lowest BCUT2D eigenvalue weighted by Crippen LogP contribution is -2.54. The molecular formula is C39H38F4N4O5S. The molecule has 0 aliphatic carbocycles. The van der Waals surface area contributed by atoms with Crippen LogP contribution < -0.4 is 5.32 Å². The van der Waals surface area contributed by atoms with Gasteiger partial charge in [-0.25, -0.2) is 12.8 Å². The fraction of sp³-hybridized carbons (Fsp3) is 0.333. The molecule has 2 saturated heterocycles. The smallest absolute Gasteiger partial charge is 0.379 e. The topological polar surface area (TPSA) is 123 Å². The van der Waals surface area contributed by atoms with Crippen molar-refractivity contribution in [3.8, 4) is 17.2 Å². The zero-order valence-electron chi connectivity index (χ0n) is 28.7. The summed E-state index contributed by atoms with van der Waals surface area (Å²) in [5.74, 6) is -2.36. The van der Waals surface area contributed by atoms with Crippen LogP contribution in [0.3, 0.4) is 0 Å². The van der Waals surface area contributed by atoms with Gasteiger partial charge in [0, 0.05) is 44.8 Å². The van der Waals surface area contributed by atoms with Crippen molar-refractivity contribution >= 4 is 21.6 Å². The molecule has 1 atom stereocenters. The first kappa shape index (κ1) is 38.1. The van der Waals surface area contributed by atoms with E-state index in [2.05, 4.69) is 16.3 Å². The van der Waals surface area contributed by atoms with E-state index in [0.29, 0.717) is 24.8 Å². The molecule has 0 spiro atoms. The van der Waals surface area contributed by atoms with Gasteiger partial charge in [-0.05, 0) is 89.5 Å². The maximum absolute atomic E-state index is 14.1. The van der Waals surface area contributed by atoms with Crippen LogP contribution in [0, 0.1) is 23.1 Å². The number of piperidine rings is 1. The van der Waals surface area contributed by atoms with Crippen LogP contribution >= 0.6 is 0 Å². The summed E-state index contributed by atoms with van der Waals surface area (Å²) in [6.45, 7) is 3.63. The number of sulfonamides is 1. The molecule has 4 aromatic carbocycles. The number of morpholine rings is 1. The molecule has 1 unspecified atom stereocenters. The Kier molecular flexibility index (Phi) is 11.3. The Morgan fingerprint density at radius 2 is 1.51 bits per heavy atom. The largest absolute Gasteiger partial charge is 0.417 e. The fourth-order valence-electron chi connectivity index (χ4n) is 6.97. The first-order valence-electron chi connectivity index (χ1n) is 17.2. The third-order valence-electron chi connectivity index (χ3n) is 9.85. The Hall–Kier alpha value is -4.65. The monoisotopic (exact) mass is 750 g/mol. The van der Waals surface area contributed by atoms with Crippen LogP contribution in [0.15, 0.2) is 95.9 Å². The van der Waals surface area contributed by atoms with Gasteiger partial charge in [-0.3, -0.25) is 9.69 Å². The van der Waals surface area contributed by atoms with E-state index >= 15 is 0 Å². The Morgan fingerprint density at radius 3 is 2.13 bits per heavy atom. The Labute approximate surface area is 305 Å². The number of aliphatic hydroxyl groups is 1.